The van der Waals surface area contributed by atoms with Crippen molar-refractivity contribution < 1.29 is 14.3 Å². The summed E-state index contributed by atoms with van der Waals surface area (Å²) >= 11 is 4.52. The van der Waals surface area contributed by atoms with E-state index in [9.17, 15) is 14.9 Å². The molecule has 1 heterocycles. The van der Waals surface area contributed by atoms with Crippen molar-refractivity contribution >= 4 is 45.3 Å². The molecular formula is C15H13BrN2O3S. The Morgan fingerprint density at radius 3 is 2.64 bits per heavy atom. The smallest absolute Gasteiger partial charge is 0.351 e. The van der Waals surface area contributed by atoms with Gasteiger partial charge in [0.05, 0.1) is 11.9 Å². The molecule has 5 nitrogen and oxygen atoms in total. The molecule has 1 aliphatic rings. The van der Waals surface area contributed by atoms with Crippen molar-refractivity contribution in [3.05, 3.63) is 39.3 Å². The highest BCUT2D eigenvalue weighted by molar-refractivity contribution is 9.10. The minimum absolute atomic E-state index is 0.146. The van der Waals surface area contributed by atoms with Gasteiger partial charge in [-0.25, -0.2) is 4.79 Å². The summed E-state index contributed by atoms with van der Waals surface area (Å²) in [4.78, 5) is 25.7. The lowest BCUT2D eigenvalue weighted by atomic mass is 10.2. The maximum atomic E-state index is 12.4. The van der Waals surface area contributed by atoms with Crippen LogP contribution in [0.5, 0.6) is 0 Å². The third-order valence-corrected chi connectivity index (χ3v) is 4.64. The highest BCUT2D eigenvalue weighted by Gasteiger charge is 2.38. The average Bonchev–Trinajstić information content (AvgIpc) is 2.77. The maximum absolute atomic E-state index is 12.4. The van der Waals surface area contributed by atoms with Gasteiger partial charge in [0, 0.05) is 10.2 Å². The second-order valence-corrected chi connectivity index (χ2v) is 6.67. The van der Waals surface area contributed by atoms with E-state index in [4.69, 9.17) is 4.74 Å². The van der Waals surface area contributed by atoms with Crippen LogP contribution >= 0.6 is 27.7 Å². The van der Waals surface area contributed by atoms with Gasteiger partial charge in [0.25, 0.3) is 0 Å². The van der Waals surface area contributed by atoms with Gasteiger partial charge in [0.1, 0.15) is 11.1 Å². The van der Waals surface area contributed by atoms with Crippen molar-refractivity contribution in [2.75, 3.05) is 11.5 Å². The highest BCUT2D eigenvalue weighted by atomic mass is 79.9. The average molecular weight is 381 g/mol. The first kappa shape index (κ1) is 16.6. The lowest BCUT2D eigenvalue weighted by Gasteiger charge is -2.18. The van der Waals surface area contributed by atoms with Crippen LogP contribution in [0.1, 0.15) is 13.8 Å². The van der Waals surface area contributed by atoms with Crippen molar-refractivity contribution in [1.82, 2.24) is 0 Å². The van der Waals surface area contributed by atoms with Crippen LogP contribution in [0.3, 0.4) is 0 Å². The van der Waals surface area contributed by atoms with Gasteiger partial charge in [-0.05, 0) is 38.1 Å². The predicted octanol–water partition coefficient (Wildman–Crippen LogP) is 3.22. The largest absolute Gasteiger partial charge is 0.462 e. The Bertz CT molecular complexity index is 679. The van der Waals surface area contributed by atoms with E-state index >= 15 is 0 Å². The molecule has 2 rings (SSSR count). The van der Waals surface area contributed by atoms with Crippen molar-refractivity contribution in [2.45, 2.75) is 19.1 Å². The number of ether oxygens (including phenoxy) is 1. The van der Waals surface area contributed by atoms with Crippen molar-refractivity contribution in [1.29, 1.82) is 5.26 Å². The van der Waals surface area contributed by atoms with Crippen molar-refractivity contribution in [2.24, 2.45) is 0 Å². The number of thioether (sulfide) groups is 1. The summed E-state index contributed by atoms with van der Waals surface area (Å²) in [7, 11) is 0. The minimum Gasteiger partial charge on any atom is -0.462 e. The summed E-state index contributed by atoms with van der Waals surface area (Å²) in [6.45, 7) is 3.58. The number of amides is 1. The lowest BCUT2D eigenvalue weighted by molar-refractivity contribution is -0.138. The van der Waals surface area contributed by atoms with Gasteiger partial charge in [0.2, 0.25) is 5.91 Å². The molecule has 1 saturated heterocycles. The number of halogens is 1. The molecular weight excluding hydrogens is 368 g/mol. The van der Waals surface area contributed by atoms with Gasteiger partial charge >= 0.3 is 5.97 Å². The van der Waals surface area contributed by atoms with Crippen LogP contribution in [0, 0.1) is 11.3 Å². The molecule has 1 amide bonds. The molecule has 7 heteroatoms. The highest BCUT2D eigenvalue weighted by Crippen LogP contribution is 2.40. The van der Waals surface area contributed by atoms with Gasteiger partial charge in [-0.3, -0.25) is 9.69 Å². The summed E-state index contributed by atoms with van der Waals surface area (Å²) < 4.78 is 5.78. The standard InChI is InChI=1S/C15H13BrN2O3S/c1-3-21-15(20)12(8-17)14-18(13(19)9(2)22-14)11-6-4-10(16)5-7-11/h4-7,9H,3H2,1-2H3. The number of hydrogen-bond acceptors (Lipinski definition) is 5. The van der Waals surface area contributed by atoms with E-state index < -0.39 is 5.97 Å². The van der Waals surface area contributed by atoms with E-state index in [1.54, 1.807) is 38.1 Å². The SMILES string of the molecule is CCOC(=O)C(C#N)=C1SC(C)C(=O)N1c1ccc(Br)cc1. The molecule has 1 atom stereocenters. The Balaban J connectivity index is 2.52. The number of esters is 1. The molecule has 1 aliphatic heterocycles. The van der Waals surface area contributed by atoms with Gasteiger partial charge in [-0.15, -0.1) is 0 Å². The Morgan fingerprint density at radius 2 is 2.09 bits per heavy atom. The van der Waals surface area contributed by atoms with E-state index in [1.165, 1.54) is 16.7 Å². The van der Waals surface area contributed by atoms with E-state index in [0.29, 0.717) is 10.7 Å². The summed E-state index contributed by atoms with van der Waals surface area (Å²) in [6, 6.07) is 8.96. The molecule has 1 aromatic carbocycles. The first-order chi connectivity index (χ1) is 10.5. The third kappa shape index (κ3) is 3.18. The number of nitriles is 1. The molecule has 0 N–H and O–H groups in total. The Kier molecular flexibility index (Phi) is 5.27. The van der Waals surface area contributed by atoms with Crippen LogP contribution in [-0.4, -0.2) is 23.7 Å². The normalized spacial score (nSPS) is 19.8. The van der Waals surface area contributed by atoms with Crippen LogP contribution in [0.4, 0.5) is 5.69 Å². The Labute approximate surface area is 141 Å². The first-order valence-corrected chi connectivity index (χ1v) is 8.24. The van der Waals surface area contributed by atoms with Gasteiger partial charge in [-0.2, -0.15) is 5.26 Å². The number of nitrogens with zero attached hydrogens (tertiary/aromatic N) is 2. The number of carbonyl (C=O) groups excluding carboxylic acids is 2. The maximum Gasteiger partial charge on any atom is 0.351 e. The molecule has 0 aliphatic carbocycles. The Hall–Kier alpha value is -1.78. The molecule has 114 valence electrons. The number of hydrogen-bond donors (Lipinski definition) is 0. The molecule has 0 aromatic heterocycles. The number of anilines is 1. The fraction of sp³-hybridized carbons (Fsp3) is 0.267. The van der Waals surface area contributed by atoms with Crippen LogP contribution in [0.15, 0.2) is 39.3 Å². The summed E-state index contributed by atoms with van der Waals surface area (Å²) in [5, 5.41) is 9.25. The molecule has 1 aromatic rings. The topological polar surface area (TPSA) is 70.4 Å². The Morgan fingerprint density at radius 1 is 1.45 bits per heavy atom. The fourth-order valence-electron chi connectivity index (χ4n) is 1.94. The monoisotopic (exact) mass is 380 g/mol. The molecule has 1 unspecified atom stereocenters. The molecule has 0 bridgehead atoms. The minimum atomic E-state index is -0.712. The van der Waals surface area contributed by atoms with E-state index in [1.807, 2.05) is 6.07 Å². The molecule has 0 spiro atoms. The van der Waals surface area contributed by atoms with Crippen molar-refractivity contribution in [3.63, 3.8) is 0 Å². The molecule has 0 saturated carbocycles. The van der Waals surface area contributed by atoms with Gasteiger partial charge < -0.3 is 4.74 Å². The zero-order valence-corrected chi connectivity index (χ0v) is 14.4. The second-order valence-electron chi connectivity index (χ2n) is 4.42. The van der Waals surface area contributed by atoms with Crippen LogP contribution in [0.25, 0.3) is 0 Å². The number of benzene rings is 1. The molecule has 1 fully saturated rings. The lowest BCUT2D eigenvalue weighted by Crippen LogP contribution is -2.28. The van der Waals surface area contributed by atoms with E-state index in [-0.39, 0.29) is 23.3 Å². The summed E-state index contributed by atoms with van der Waals surface area (Å²) in [5.74, 6) is -0.879. The zero-order chi connectivity index (χ0) is 16.3. The van der Waals surface area contributed by atoms with Gasteiger partial charge in [0.15, 0.2) is 5.57 Å². The summed E-state index contributed by atoms with van der Waals surface area (Å²) in [6.07, 6.45) is 0. The zero-order valence-electron chi connectivity index (χ0n) is 12.0. The number of carbonyl (C=O) groups is 2. The molecule has 22 heavy (non-hydrogen) atoms. The van der Waals surface area contributed by atoms with Crippen LogP contribution < -0.4 is 4.90 Å². The summed E-state index contributed by atoms with van der Waals surface area (Å²) in [5.41, 5.74) is 0.463. The quantitative estimate of drug-likeness (QED) is 0.457. The fourth-order valence-corrected chi connectivity index (χ4v) is 3.29. The molecule has 0 radical (unpaired) electrons. The van der Waals surface area contributed by atoms with Gasteiger partial charge in [-0.1, -0.05) is 27.7 Å². The van der Waals surface area contributed by atoms with Crippen molar-refractivity contribution in [3.8, 4) is 6.07 Å². The van der Waals surface area contributed by atoms with Crippen LogP contribution in [0.2, 0.25) is 0 Å². The number of rotatable bonds is 3. The van der Waals surface area contributed by atoms with E-state index in [2.05, 4.69) is 15.9 Å². The second kappa shape index (κ2) is 6.99. The van der Waals surface area contributed by atoms with E-state index in [0.717, 1.165) is 4.47 Å². The third-order valence-electron chi connectivity index (χ3n) is 2.95. The van der Waals surface area contributed by atoms with Crippen LogP contribution in [-0.2, 0) is 14.3 Å². The first-order valence-electron chi connectivity index (χ1n) is 6.57. The predicted molar refractivity (Wildman–Crippen MR) is 88.0 cm³/mol.